The van der Waals surface area contributed by atoms with Crippen molar-refractivity contribution in [3.05, 3.63) is 47.6 Å². The van der Waals surface area contributed by atoms with Crippen molar-refractivity contribution in [2.45, 2.75) is 11.4 Å². The van der Waals surface area contributed by atoms with Gasteiger partial charge in [0, 0.05) is 35.9 Å². The minimum absolute atomic E-state index is 0.218. The number of nitrogens with zero attached hydrogens (tertiary/aromatic N) is 1. The van der Waals surface area contributed by atoms with Gasteiger partial charge in [-0.2, -0.15) is 0 Å². The molecule has 3 rings (SSSR count). The summed E-state index contributed by atoms with van der Waals surface area (Å²) in [6, 6.07) is 9.06. The molecule has 5 nitrogen and oxygen atoms in total. The van der Waals surface area contributed by atoms with Crippen LogP contribution in [0.15, 0.2) is 46.8 Å². The van der Waals surface area contributed by atoms with E-state index < -0.39 is 10.0 Å². The number of hydrogen-bond donors (Lipinski definition) is 2. The molecule has 2 heterocycles. The van der Waals surface area contributed by atoms with Crippen molar-refractivity contribution < 1.29 is 8.42 Å². The second-order valence-electron chi connectivity index (χ2n) is 4.76. The van der Waals surface area contributed by atoms with Crippen molar-refractivity contribution in [1.29, 1.82) is 0 Å². The molecule has 2 aromatic heterocycles. The van der Waals surface area contributed by atoms with E-state index in [1.807, 2.05) is 23.6 Å². The van der Waals surface area contributed by atoms with E-state index in [1.165, 1.54) is 0 Å². The first-order chi connectivity index (χ1) is 9.99. The lowest BCUT2D eigenvalue weighted by molar-refractivity contribution is 0.601. The Balaban J connectivity index is 1.94. The second-order valence-corrected chi connectivity index (χ2v) is 7.39. The van der Waals surface area contributed by atoms with Crippen LogP contribution in [0.4, 0.5) is 5.69 Å². The molecule has 110 valence electrons. The largest absolute Gasteiger partial charge is 0.352 e. The Hall–Kier alpha value is -1.83. The van der Waals surface area contributed by atoms with Crippen LogP contribution in [-0.2, 0) is 23.6 Å². The first-order valence-corrected chi connectivity index (χ1v) is 8.71. The minimum Gasteiger partial charge on any atom is -0.352 e. The molecule has 0 unspecified atom stereocenters. The lowest BCUT2D eigenvalue weighted by Crippen LogP contribution is -2.12. The van der Waals surface area contributed by atoms with E-state index in [-0.39, 0.29) is 4.90 Å². The number of rotatable bonds is 4. The number of nitrogens with one attached hydrogen (secondary N) is 1. The Morgan fingerprint density at radius 1 is 1.29 bits per heavy atom. The molecule has 7 heteroatoms. The maximum absolute atomic E-state index is 12.4. The molecule has 0 spiro atoms. The van der Waals surface area contributed by atoms with Gasteiger partial charge in [0.15, 0.2) is 0 Å². The number of sulfonamides is 1. The molecule has 3 aromatic rings. The summed E-state index contributed by atoms with van der Waals surface area (Å²) in [5.74, 6) is 0. The first kappa shape index (κ1) is 14.1. The zero-order chi connectivity index (χ0) is 15.0. The van der Waals surface area contributed by atoms with E-state index in [0.717, 1.165) is 15.8 Å². The number of thiophene rings is 1. The summed E-state index contributed by atoms with van der Waals surface area (Å²) < 4.78 is 30.2. The predicted molar refractivity (Wildman–Crippen MR) is 85.9 cm³/mol. The van der Waals surface area contributed by atoms with E-state index in [0.29, 0.717) is 12.2 Å². The minimum atomic E-state index is -3.60. The third-order valence-corrected chi connectivity index (χ3v) is 5.55. The molecule has 0 saturated heterocycles. The van der Waals surface area contributed by atoms with Crippen molar-refractivity contribution in [3.63, 3.8) is 0 Å². The molecule has 3 N–H and O–H groups in total. The van der Waals surface area contributed by atoms with E-state index in [9.17, 15) is 8.42 Å². The SMILES string of the molecule is Cn1cc(S(=O)(=O)Nc2ccc3sccc3c2)cc1CN. The van der Waals surface area contributed by atoms with Gasteiger partial charge < -0.3 is 10.3 Å². The molecule has 0 atom stereocenters. The highest BCUT2D eigenvalue weighted by Crippen LogP contribution is 2.25. The summed E-state index contributed by atoms with van der Waals surface area (Å²) in [7, 11) is -1.82. The van der Waals surface area contributed by atoms with Gasteiger partial charge in [0.1, 0.15) is 4.90 Å². The highest BCUT2D eigenvalue weighted by Gasteiger charge is 2.17. The van der Waals surface area contributed by atoms with Crippen LogP contribution in [-0.4, -0.2) is 13.0 Å². The summed E-state index contributed by atoms with van der Waals surface area (Å²) in [6.07, 6.45) is 1.56. The Kier molecular flexibility index (Phi) is 3.48. The van der Waals surface area contributed by atoms with Crippen LogP contribution in [0, 0.1) is 0 Å². The monoisotopic (exact) mass is 321 g/mol. The Morgan fingerprint density at radius 2 is 2.10 bits per heavy atom. The molecule has 0 fully saturated rings. The summed E-state index contributed by atoms with van der Waals surface area (Å²) in [5, 5.41) is 3.00. The second kappa shape index (κ2) is 5.18. The van der Waals surface area contributed by atoms with Crippen LogP contribution in [0.1, 0.15) is 5.69 Å². The van der Waals surface area contributed by atoms with E-state index in [2.05, 4.69) is 4.72 Å². The van der Waals surface area contributed by atoms with Gasteiger partial charge >= 0.3 is 0 Å². The molecule has 0 bridgehead atoms. The number of fused-ring (bicyclic) bond motifs is 1. The van der Waals surface area contributed by atoms with Gasteiger partial charge in [-0.1, -0.05) is 0 Å². The van der Waals surface area contributed by atoms with Crippen LogP contribution in [0.5, 0.6) is 0 Å². The standard InChI is InChI=1S/C14H15N3O2S2/c1-17-9-13(7-12(17)8-15)21(18,19)16-11-2-3-14-10(6-11)4-5-20-14/h2-7,9,16H,8,15H2,1H3. The predicted octanol–water partition coefficient (Wildman–Crippen LogP) is 2.50. The summed E-state index contributed by atoms with van der Waals surface area (Å²) in [5.41, 5.74) is 6.90. The van der Waals surface area contributed by atoms with Gasteiger partial charge in [-0.15, -0.1) is 11.3 Å². The van der Waals surface area contributed by atoms with Gasteiger partial charge in [-0.3, -0.25) is 4.72 Å². The molecule has 21 heavy (non-hydrogen) atoms. The average molecular weight is 321 g/mol. The van der Waals surface area contributed by atoms with Crippen LogP contribution in [0.2, 0.25) is 0 Å². The number of hydrogen-bond acceptors (Lipinski definition) is 4. The molecular weight excluding hydrogens is 306 g/mol. The molecule has 1 aromatic carbocycles. The number of aromatic nitrogens is 1. The topological polar surface area (TPSA) is 77.1 Å². The van der Waals surface area contributed by atoms with Gasteiger partial charge in [-0.05, 0) is 41.1 Å². The number of nitrogens with two attached hydrogens (primary N) is 1. The fraction of sp³-hybridized carbons (Fsp3) is 0.143. The smallest absolute Gasteiger partial charge is 0.263 e. The summed E-state index contributed by atoms with van der Waals surface area (Å²) >= 11 is 1.62. The molecule has 0 radical (unpaired) electrons. The fourth-order valence-electron chi connectivity index (χ4n) is 2.17. The number of aryl methyl sites for hydroxylation is 1. The van der Waals surface area contributed by atoms with Crippen molar-refractivity contribution >= 4 is 37.1 Å². The maximum atomic E-state index is 12.4. The average Bonchev–Trinajstić information content (AvgIpc) is 3.04. The van der Waals surface area contributed by atoms with Crippen molar-refractivity contribution in [1.82, 2.24) is 4.57 Å². The molecular formula is C14H15N3O2S2. The molecule has 0 aliphatic rings. The third kappa shape index (κ3) is 2.67. The lowest BCUT2D eigenvalue weighted by Gasteiger charge is -2.06. The molecule has 0 aliphatic carbocycles. The Bertz CT molecular complexity index is 894. The number of benzene rings is 1. The zero-order valence-electron chi connectivity index (χ0n) is 11.4. The maximum Gasteiger partial charge on any atom is 0.263 e. The highest BCUT2D eigenvalue weighted by atomic mass is 32.2. The zero-order valence-corrected chi connectivity index (χ0v) is 13.0. The van der Waals surface area contributed by atoms with Crippen LogP contribution in [0.25, 0.3) is 10.1 Å². The Morgan fingerprint density at radius 3 is 2.81 bits per heavy atom. The van der Waals surface area contributed by atoms with Crippen LogP contribution in [0.3, 0.4) is 0 Å². The van der Waals surface area contributed by atoms with Gasteiger partial charge in [0.05, 0.1) is 0 Å². The van der Waals surface area contributed by atoms with Gasteiger partial charge in [-0.25, -0.2) is 8.42 Å². The van der Waals surface area contributed by atoms with Crippen LogP contribution >= 0.6 is 11.3 Å². The first-order valence-electron chi connectivity index (χ1n) is 6.35. The summed E-state index contributed by atoms with van der Waals surface area (Å²) in [6.45, 7) is 0.298. The van der Waals surface area contributed by atoms with Crippen LogP contribution < -0.4 is 10.5 Å². The third-order valence-electron chi connectivity index (χ3n) is 3.31. The molecule has 0 aliphatic heterocycles. The highest BCUT2D eigenvalue weighted by molar-refractivity contribution is 7.92. The molecule has 0 amide bonds. The van der Waals surface area contributed by atoms with Crippen molar-refractivity contribution in [2.24, 2.45) is 12.8 Å². The van der Waals surface area contributed by atoms with Crippen molar-refractivity contribution in [3.8, 4) is 0 Å². The van der Waals surface area contributed by atoms with E-state index >= 15 is 0 Å². The normalized spacial score (nSPS) is 11.9. The quantitative estimate of drug-likeness (QED) is 0.775. The summed E-state index contributed by atoms with van der Waals surface area (Å²) in [4.78, 5) is 0.218. The number of anilines is 1. The lowest BCUT2D eigenvalue weighted by atomic mass is 10.2. The molecule has 0 saturated carbocycles. The fourth-order valence-corrected chi connectivity index (χ4v) is 4.09. The Labute approximate surface area is 127 Å². The van der Waals surface area contributed by atoms with E-state index in [4.69, 9.17) is 5.73 Å². The van der Waals surface area contributed by atoms with Crippen molar-refractivity contribution in [2.75, 3.05) is 4.72 Å². The van der Waals surface area contributed by atoms with Gasteiger partial charge in [0.25, 0.3) is 10.0 Å². The van der Waals surface area contributed by atoms with E-state index in [1.54, 1.807) is 41.3 Å². The van der Waals surface area contributed by atoms with Gasteiger partial charge in [0.2, 0.25) is 0 Å².